The Morgan fingerprint density at radius 2 is 1.52 bits per heavy atom. The number of thiophene rings is 2. The largest absolute Gasteiger partial charge is 0.737 e. The first kappa shape index (κ1) is 18.8. The highest BCUT2D eigenvalue weighted by molar-refractivity contribution is 7.13. The van der Waals surface area contributed by atoms with E-state index in [4.69, 9.17) is 0 Å². The van der Waals surface area contributed by atoms with Crippen LogP contribution in [-0.4, -0.2) is 21.6 Å². The second-order valence-electron chi connectivity index (χ2n) is 7.78. The molecule has 2 nitrogen and oxygen atoms in total. The highest BCUT2D eigenvalue weighted by atomic mass is 32.1. The molecule has 148 valence electrons. The summed E-state index contributed by atoms with van der Waals surface area (Å²) in [6.07, 6.45) is 0. The number of allylic oxidation sites excluding steroid dienone is 3. The Bertz CT molecular complexity index is 1260. The molecule has 0 fully saturated rings. The van der Waals surface area contributed by atoms with E-state index in [9.17, 15) is 0 Å². The first-order valence-corrected chi connectivity index (χ1v) is 11.4. The third-order valence-corrected chi connectivity index (χ3v) is 8.03. The molecule has 3 aromatic heterocycles. The molecule has 2 aliphatic rings. The SMILES string of the molecule is CC1=C(c2cccs2)C(C)=[N+]2C1=C(C)c1c(C)c(-c3cccs3)c(C)n1[B-]2(F)F. The molecule has 7 heteroatoms. The van der Waals surface area contributed by atoms with Crippen LogP contribution in [0.4, 0.5) is 8.63 Å². The van der Waals surface area contributed by atoms with Crippen molar-refractivity contribution in [2.24, 2.45) is 0 Å². The van der Waals surface area contributed by atoms with Gasteiger partial charge in [0.25, 0.3) is 0 Å². The fraction of sp³-hybridized carbons (Fsp3) is 0.227. The summed E-state index contributed by atoms with van der Waals surface area (Å²) in [5, 5.41) is 3.99. The molecular formula is C22H21BF2N2S2. The topological polar surface area (TPSA) is 7.94 Å². The van der Waals surface area contributed by atoms with Crippen LogP contribution in [0, 0.1) is 13.8 Å². The van der Waals surface area contributed by atoms with E-state index in [-0.39, 0.29) is 0 Å². The Labute approximate surface area is 177 Å². The number of fused-ring (bicyclic) bond motifs is 2. The molecule has 0 aromatic carbocycles. The van der Waals surface area contributed by atoms with Gasteiger partial charge in [0.15, 0.2) is 5.70 Å². The van der Waals surface area contributed by atoms with E-state index >= 15 is 8.63 Å². The van der Waals surface area contributed by atoms with E-state index in [2.05, 4.69) is 0 Å². The van der Waals surface area contributed by atoms with Gasteiger partial charge < -0.3 is 17.6 Å². The normalized spacial score (nSPS) is 18.0. The molecule has 0 saturated carbocycles. The standard InChI is InChI=1S/C22H21BF2N2S2/c1-12-19(17-8-6-10-28-17)15(4)26-21(12)14(3)22-13(2)20(18-9-7-11-29-18)16(5)27(22)23(26,24)25/h6-11H,1-5H3. The first-order valence-electron chi connectivity index (χ1n) is 9.64. The Morgan fingerprint density at radius 3 is 2.10 bits per heavy atom. The van der Waals surface area contributed by atoms with Crippen LogP contribution in [0.2, 0.25) is 0 Å². The number of hydrogen-bond acceptors (Lipinski definition) is 2. The van der Waals surface area contributed by atoms with Crippen molar-refractivity contribution < 1.29 is 13.1 Å². The molecule has 0 unspecified atom stereocenters. The lowest BCUT2D eigenvalue weighted by Gasteiger charge is -2.32. The maximum absolute atomic E-state index is 16.1. The Kier molecular flexibility index (Phi) is 3.96. The summed E-state index contributed by atoms with van der Waals surface area (Å²) in [5.41, 5.74) is 7.29. The van der Waals surface area contributed by atoms with Gasteiger partial charge in [-0.3, -0.25) is 0 Å². The van der Waals surface area contributed by atoms with Crippen LogP contribution in [0.5, 0.6) is 0 Å². The van der Waals surface area contributed by atoms with Crippen molar-refractivity contribution in [1.29, 1.82) is 0 Å². The highest BCUT2D eigenvalue weighted by Crippen LogP contribution is 2.48. The van der Waals surface area contributed by atoms with E-state index in [1.54, 1.807) is 22.7 Å². The van der Waals surface area contributed by atoms with Crippen molar-refractivity contribution in [2.75, 3.05) is 0 Å². The highest BCUT2D eigenvalue weighted by Gasteiger charge is 2.56. The monoisotopic (exact) mass is 426 g/mol. The van der Waals surface area contributed by atoms with Gasteiger partial charge >= 0.3 is 6.97 Å². The summed E-state index contributed by atoms with van der Waals surface area (Å²) in [5.74, 6) is 0. The lowest BCUT2D eigenvalue weighted by molar-refractivity contribution is -0.363. The Balaban J connectivity index is 1.87. The van der Waals surface area contributed by atoms with Crippen LogP contribution < -0.4 is 0 Å². The second-order valence-corrected chi connectivity index (χ2v) is 9.67. The molecule has 0 saturated heterocycles. The molecule has 29 heavy (non-hydrogen) atoms. The number of halogens is 2. The average molecular weight is 426 g/mol. The summed E-state index contributed by atoms with van der Waals surface area (Å²) in [4.78, 5) is 2.08. The molecule has 3 aromatic rings. The van der Waals surface area contributed by atoms with Crippen LogP contribution in [0.15, 0.2) is 46.3 Å². The van der Waals surface area contributed by atoms with Crippen molar-refractivity contribution in [2.45, 2.75) is 34.6 Å². The molecule has 0 spiro atoms. The minimum atomic E-state index is -3.99. The summed E-state index contributed by atoms with van der Waals surface area (Å²) in [6.45, 7) is 5.60. The van der Waals surface area contributed by atoms with Gasteiger partial charge in [-0.2, -0.15) is 0 Å². The molecule has 5 rings (SSSR count). The molecule has 5 heterocycles. The second kappa shape index (κ2) is 6.13. The summed E-state index contributed by atoms with van der Waals surface area (Å²) in [7, 11) is 0. The first-order chi connectivity index (χ1) is 13.8. The van der Waals surface area contributed by atoms with Gasteiger partial charge in [0.1, 0.15) is 5.71 Å². The van der Waals surface area contributed by atoms with Gasteiger partial charge in [-0.05, 0) is 61.8 Å². The molecule has 0 aliphatic carbocycles. The van der Waals surface area contributed by atoms with E-state index in [1.165, 1.54) is 8.96 Å². The third-order valence-electron chi connectivity index (χ3n) is 6.26. The molecule has 0 radical (unpaired) electrons. The van der Waals surface area contributed by atoms with Crippen LogP contribution >= 0.6 is 22.7 Å². The van der Waals surface area contributed by atoms with Gasteiger partial charge in [0.05, 0.1) is 5.57 Å². The van der Waals surface area contributed by atoms with E-state index in [0.29, 0.717) is 22.8 Å². The molecule has 0 N–H and O–H groups in total. The Morgan fingerprint density at radius 1 is 0.897 bits per heavy atom. The Hall–Kier alpha value is -2.25. The maximum Gasteiger partial charge on any atom is 0.737 e. The van der Waals surface area contributed by atoms with E-state index in [0.717, 1.165) is 37.6 Å². The summed E-state index contributed by atoms with van der Waals surface area (Å²) >= 11 is 3.19. The number of aromatic nitrogens is 1. The van der Waals surface area contributed by atoms with Gasteiger partial charge in [0, 0.05) is 39.1 Å². The fourth-order valence-electron chi connectivity index (χ4n) is 5.21. The van der Waals surface area contributed by atoms with Crippen molar-refractivity contribution in [3.63, 3.8) is 0 Å². The summed E-state index contributed by atoms with van der Waals surface area (Å²) in [6, 6.07) is 7.97. The van der Waals surface area contributed by atoms with Crippen LogP contribution in [-0.2, 0) is 0 Å². The van der Waals surface area contributed by atoms with Gasteiger partial charge in [-0.1, -0.05) is 12.1 Å². The van der Waals surface area contributed by atoms with Crippen LogP contribution in [0.25, 0.3) is 21.6 Å². The smallest absolute Gasteiger partial charge is 0.393 e. The number of rotatable bonds is 2. The molecule has 0 atom stereocenters. The average Bonchev–Trinajstić information content (AvgIpc) is 3.41. The molecule has 2 aliphatic heterocycles. The zero-order valence-corrected chi connectivity index (χ0v) is 18.6. The van der Waals surface area contributed by atoms with Gasteiger partial charge in [-0.25, -0.2) is 0 Å². The molecule has 0 bridgehead atoms. The summed E-state index contributed by atoms with van der Waals surface area (Å²) < 4.78 is 34.9. The molecular weight excluding hydrogens is 405 g/mol. The third kappa shape index (κ3) is 2.28. The number of hydrogen-bond donors (Lipinski definition) is 0. The van der Waals surface area contributed by atoms with Gasteiger partial charge in [-0.15, -0.1) is 22.7 Å². The van der Waals surface area contributed by atoms with Crippen molar-refractivity contribution in [3.8, 4) is 10.4 Å². The quantitative estimate of drug-likeness (QED) is 0.397. The minimum absolute atomic E-state index is 0.637. The maximum atomic E-state index is 16.1. The lowest BCUT2D eigenvalue weighted by atomic mass is 9.86. The lowest BCUT2D eigenvalue weighted by Crippen LogP contribution is -2.51. The van der Waals surface area contributed by atoms with Crippen molar-refractivity contribution in [3.05, 3.63) is 68.1 Å². The fourth-order valence-corrected chi connectivity index (χ4v) is 6.97. The van der Waals surface area contributed by atoms with E-state index < -0.39 is 6.97 Å². The van der Waals surface area contributed by atoms with Crippen molar-refractivity contribution in [1.82, 2.24) is 4.48 Å². The van der Waals surface area contributed by atoms with Crippen LogP contribution in [0.1, 0.15) is 42.6 Å². The minimum Gasteiger partial charge on any atom is -0.393 e. The zero-order valence-electron chi connectivity index (χ0n) is 17.0. The van der Waals surface area contributed by atoms with Gasteiger partial charge in [0.2, 0.25) is 0 Å². The predicted molar refractivity (Wildman–Crippen MR) is 121 cm³/mol. The predicted octanol–water partition coefficient (Wildman–Crippen LogP) is 6.82. The number of nitrogens with zero attached hydrogens (tertiary/aromatic N) is 2. The molecule has 0 amide bonds. The zero-order chi connectivity index (χ0) is 20.7. The van der Waals surface area contributed by atoms with Crippen LogP contribution in [0.3, 0.4) is 0 Å². The van der Waals surface area contributed by atoms with Crippen molar-refractivity contribution >= 4 is 46.5 Å². The van der Waals surface area contributed by atoms with E-state index in [1.807, 2.05) is 69.6 Å².